The topological polar surface area (TPSA) is 20.5 Å². The Balaban J connectivity index is 1.44. The van der Waals surface area contributed by atoms with E-state index in [1.54, 1.807) is 0 Å². The van der Waals surface area contributed by atoms with Crippen LogP contribution in [0.5, 0.6) is 0 Å². The third-order valence-electron chi connectivity index (χ3n) is 7.27. The number of benzene rings is 4. The van der Waals surface area contributed by atoms with E-state index in [0.29, 0.717) is 6.54 Å². The molecule has 0 radical (unpaired) electrons. The van der Waals surface area contributed by atoms with Gasteiger partial charge in [-0.1, -0.05) is 85.4 Å². The van der Waals surface area contributed by atoms with E-state index in [4.69, 9.17) is 4.99 Å². The third kappa shape index (κ3) is 4.72. The Morgan fingerprint density at radius 1 is 0.795 bits per heavy atom. The van der Waals surface area contributed by atoms with Gasteiger partial charge in [-0.05, 0) is 73.4 Å². The summed E-state index contributed by atoms with van der Waals surface area (Å²) in [7, 11) is 0. The lowest BCUT2D eigenvalue weighted by molar-refractivity contribution is 0.423. The number of aromatic nitrogens is 1. The van der Waals surface area contributed by atoms with E-state index >= 15 is 0 Å². The molecule has 0 spiro atoms. The van der Waals surface area contributed by atoms with Gasteiger partial charge in [0.25, 0.3) is 0 Å². The van der Waals surface area contributed by atoms with Gasteiger partial charge in [-0.15, -0.1) is 0 Å². The molecule has 2 heterocycles. The second-order valence-corrected chi connectivity index (χ2v) is 11.1. The molecule has 0 N–H and O–H groups in total. The van der Waals surface area contributed by atoms with Crippen LogP contribution in [-0.2, 0) is 12.1 Å². The van der Waals surface area contributed by atoms with Gasteiger partial charge in [-0.25, -0.2) is 0 Å². The summed E-state index contributed by atoms with van der Waals surface area (Å²) in [5, 5.41) is 2.56. The first-order chi connectivity index (χ1) is 18.9. The van der Waals surface area contributed by atoms with Crippen molar-refractivity contribution in [2.24, 2.45) is 4.99 Å². The average Bonchev–Trinajstić information content (AvgIpc) is 3.28. The van der Waals surface area contributed by atoms with Gasteiger partial charge in [0, 0.05) is 33.6 Å². The molecule has 3 nitrogen and oxygen atoms in total. The molecule has 0 amide bonds. The first-order valence-electron chi connectivity index (χ1n) is 13.4. The lowest BCUT2D eigenvalue weighted by Gasteiger charge is -2.24. The summed E-state index contributed by atoms with van der Waals surface area (Å²) < 4.78 is 2.46. The normalized spacial score (nSPS) is 16.2. The quantitative estimate of drug-likeness (QED) is 0.175. The molecule has 0 saturated carbocycles. The lowest BCUT2D eigenvalue weighted by atomic mass is 9.96. The molecule has 3 heteroatoms. The van der Waals surface area contributed by atoms with Crippen molar-refractivity contribution in [3.63, 3.8) is 0 Å². The number of nitrogens with zero attached hydrogens (tertiary/aromatic N) is 3. The Bertz CT molecular complexity index is 1780. The predicted molar refractivity (Wildman–Crippen MR) is 168 cm³/mol. The molecule has 39 heavy (non-hydrogen) atoms. The van der Waals surface area contributed by atoms with Gasteiger partial charge >= 0.3 is 0 Å². The van der Waals surface area contributed by atoms with E-state index in [0.717, 1.165) is 28.0 Å². The van der Waals surface area contributed by atoms with E-state index in [-0.39, 0.29) is 5.54 Å². The van der Waals surface area contributed by atoms with Gasteiger partial charge in [-0.3, -0.25) is 4.99 Å². The zero-order valence-corrected chi connectivity index (χ0v) is 22.8. The number of hydrogen-bond acceptors (Lipinski definition) is 1. The fourth-order valence-corrected chi connectivity index (χ4v) is 5.50. The summed E-state index contributed by atoms with van der Waals surface area (Å²) in [6.07, 6.45) is 8.38. The van der Waals surface area contributed by atoms with Crippen LogP contribution in [0.25, 0.3) is 33.0 Å². The van der Waals surface area contributed by atoms with Crippen LogP contribution in [0.15, 0.2) is 127 Å². The number of rotatable bonds is 4. The molecule has 0 atom stereocenters. The first kappa shape index (κ1) is 24.7. The predicted octanol–water partition coefficient (Wildman–Crippen LogP) is 9.21. The minimum atomic E-state index is -0.0559. The van der Waals surface area contributed by atoms with Crippen molar-refractivity contribution in [3.8, 4) is 0 Å². The summed E-state index contributed by atoms with van der Waals surface area (Å²) in [6, 6.07) is 34.2. The van der Waals surface area contributed by atoms with Crippen LogP contribution in [0.4, 0.5) is 5.69 Å². The van der Waals surface area contributed by atoms with Crippen molar-refractivity contribution in [2.75, 3.05) is 4.90 Å². The smallest absolute Gasteiger partial charge is 0.0939 e. The van der Waals surface area contributed by atoms with E-state index in [1.165, 1.54) is 27.4 Å². The third-order valence-corrected chi connectivity index (χ3v) is 7.27. The van der Waals surface area contributed by atoms with Crippen LogP contribution in [0, 0.1) is 0 Å². The summed E-state index contributed by atoms with van der Waals surface area (Å²) in [5.41, 5.74) is 9.04. The van der Waals surface area contributed by atoms with Gasteiger partial charge in [0.2, 0.25) is 0 Å². The SMILES string of the molecule is C=C1/C=C(c2ccc3c4ccccc4n(C(C)(C)C)c3c2)\C=C/N(/C=N/Cc2ccccc2)c2ccccc21. The highest BCUT2D eigenvalue weighted by Gasteiger charge is 2.21. The molecule has 1 aromatic heterocycles. The van der Waals surface area contributed by atoms with E-state index in [2.05, 4.69) is 134 Å². The van der Waals surface area contributed by atoms with E-state index in [9.17, 15) is 0 Å². The van der Waals surface area contributed by atoms with Crippen molar-refractivity contribution < 1.29 is 0 Å². The molecule has 0 unspecified atom stereocenters. The van der Waals surface area contributed by atoms with E-state index < -0.39 is 0 Å². The second kappa shape index (κ2) is 9.92. The highest BCUT2D eigenvalue weighted by molar-refractivity contribution is 6.09. The first-order valence-corrected chi connectivity index (χ1v) is 13.4. The van der Waals surface area contributed by atoms with Gasteiger partial charge in [0.05, 0.1) is 24.1 Å². The van der Waals surface area contributed by atoms with Crippen molar-refractivity contribution in [1.82, 2.24) is 4.57 Å². The molecule has 6 rings (SSSR count). The summed E-state index contributed by atoms with van der Waals surface area (Å²) in [4.78, 5) is 6.86. The molecule has 0 fully saturated rings. The second-order valence-electron chi connectivity index (χ2n) is 11.1. The Morgan fingerprint density at radius 2 is 1.51 bits per heavy atom. The van der Waals surface area contributed by atoms with Crippen molar-refractivity contribution >= 4 is 45.0 Å². The molecular weight excluding hydrogens is 474 g/mol. The maximum absolute atomic E-state index is 4.76. The molecule has 192 valence electrons. The minimum absolute atomic E-state index is 0.0559. The molecule has 0 saturated heterocycles. The fourth-order valence-electron chi connectivity index (χ4n) is 5.50. The van der Waals surface area contributed by atoms with Crippen molar-refractivity contribution in [3.05, 3.63) is 139 Å². The maximum Gasteiger partial charge on any atom is 0.0939 e. The maximum atomic E-state index is 4.76. The molecule has 1 aliphatic heterocycles. The van der Waals surface area contributed by atoms with Crippen LogP contribution in [-0.4, -0.2) is 10.9 Å². The van der Waals surface area contributed by atoms with Gasteiger partial charge in [0.15, 0.2) is 0 Å². The van der Waals surface area contributed by atoms with Gasteiger partial charge < -0.3 is 9.47 Å². The number of para-hydroxylation sites is 2. The molecule has 0 bridgehead atoms. The molecule has 4 aromatic carbocycles. The van der Waals surface area contributed by atoms with Crippen LogP contribution in [0.1, 0.15) is 37.5 Å². The van der Waals surface area contributed by atoms with Crippen LogP contribution in [0.3, 0.4) is 0 Å². The largest absolute Gasteiger partial charge is 0.335 e. The highest BCUT2D eigenvalue weighted by Crippen LogP contribution is 2.37. The average molecular weight is 508 g/mol. The zero-order chi connectivity index (χ0) is 27.0. The number of fused-ring (bicyclic) bond motifs is 4. The van der Waals surface area contributed by atoms with Gasteiger partial charge in [-0.2, -0.15) is 0 Å². The van der Waals surface area contributed by atoms with Crippen molar-refractivity contribution in [2.45, 2.75) is 32.9 Å². The molecular formula is C36H33N3. The van der Waals surface area contributed by atoms with Gasteiger partial charge in [0.1, 0.15) is 0 Å². The minimum Gasteiger partial charge on any atom is -0.335 e. The zero-order valence-electron chi connectivity index (χ0n) is 22.8. The van der Waals surface area contributed by atoms with E-state index in [1.807, 2.05) is 24.5 Å². The van der Waals surface area contributed by atoms with Crippen LogP contribution < -0.4 is 4.90 Å². The Kier molecular flexibility index (Phi) is 6.28. The summed E-state index contributed by atoms with van der Waals surface area (Å²) in [5.74, 6) is 0. The Morgan fingerprint density at radius 3 is 2.33 bits per heavy atom. The number of aliphatic imine (C=N–C) groups is 1. The Hall–Kier alpha value is -4.63. The highest BCUT2D eigenvalue weighted by atomic mass is 15.1. The fraction of sp³-hybridized carbons (Fsp3) is 0.139. The number of allylic oxidation sites excluding steroid dienone is 4. The Labute approximate surface area is 230 Å². The standard InChI is InChI=1S/C36H33N3/c1-26-22-29(28-18-19-32-31-15-9-11-17-34(31)39(35(32)23-28)36(2,3)4)20-21-38(33-16-10-8-14-30(26)33)25-37-24-27-12-6-5-7-13-27/h5-23,25H,1,24H2,2-4H3/b21-20-,29-22+,37-25+. The number of anilines is 1. The van der Waals surface area contributed by atoms with Crippen LogP contribution in [0.2, 0.25) is 0 Å². The lowest BCUT2D eigenvalue weighted by Crippen LogP contribution is -2.21. The molecule has 1 aliphatic rings. The molecule has 5 aromatic rings. The summed E-state index contributed by atoms with van der Waals surface area (Å²) >= 11 is 0. The number of hydrogen-bond donors (Lipinski definition) is 0. The van der Waals surface area contributed by atoms with Crippen molar-refractivity contribution in [1.29, 1.82) is 0 Å². The monoisotopic (exact) mass is 507 g/mol. The van der Waals surface area contributed by atoms with Crippen LogP contribution >= 0.6 is 0 Å². The molecule has 0 aliphatic carbocycles. The summed E-state index contributed by atoms with van der Waals surface area (Å²) in [6.45, 7) is 11.9.